The standard InChI is InChI=1S/2C6H6N2O.2HN3.Pd/c2*7-6(9)5-1-3-8-4-2-5;2*1-3-2;/h2*1-4H,(H2,7,9);2*1H;/q;;;;+2/p-2. The van der Waals surface area contributed by atoms with Gasteiger partial charge in [0.1, 0.15) is 0 Å². The van der Waals surface area contributed by atoms with Crippen LogP contribution in [0.5, 0.6) is 0 Å². The molecule has 25 heavy (non-hydrogen) atoms. The SMILES string of the molecule is N=C([O-])c1ccncc1.N=C([O-])c1ccncc1.[N-]=[N+]=N.[N-]=[N+]=N.[Pd+2]. The molecule has 0 bridgehead atoms. The van der Waals surface area contributed by atoms with Crippen molar-refractivity contribution in [1.29, 1.82) is 21.9 Å². The molecule has 0 amide bonds. The average molecular weight is 435 g/mol. The van der Waals surface area contributed by atoms with Crippen LogP contribution in [-0.4, -0.2) is 21.8 Å². The van der Waals surface area contributed by atoms with Gasteiger partial charge >= 0.3 is 20.4 Å². The minimum atomic E-state index is -0.669. The van der Waals surface area contributed by atoms with E-state index < -0.39 is 11.8 Å². The average Bonchev–Trinajstić information content (AvgIpc) is 2.58. The van der Waals surface area contributed by atoms with Crippen LogP contribution >= 0.6 is 0 Å². The second-order valence-corrected chi connectivity index (χ2v) is 3.33. The van der Waals surface area contributed by atoms with Crippen LogP contribution in [-0.2, 0) is 20.4 Å². The molecule has 13 heteroatoms. The van der Waals surface area contributed by atoms with Crippen LogP contribution < -0.4 is 10.2 Å². The Morgan fingerprint density at radius 3 is 1.08 bits per heavy atom. The quantitative estimate of drug-likeness (QED) is 0.136. The molecule has 0 fully saturated rings. The van der Waals surface area contributed by atoms with E-state index in [1.54, 1.807) is 9.82 Å². The fourth-order valence-electron chi connectivity index (χ4n) is 1.01. The molecule has 0 aliphatic rings. The second kappa shape index (κ2) is 18.6. The molecule has 12 nitrogen and oxygen atoms in total. The van der Waals surface area contributed by atoms with Gasteiger partial charge in [0.2, 0.25) is 0 Å². The van der Waals surface area contributed by atoms with E-state index in [1.165, 1.54) is 49.1 Å². The molecular weight excluding hydrogens is 423 g/mol. The van der Waals surface area contributed by atoms with Crippen molar-refractivity contribution >= 4 is 11.8 Å². The number of pyridine rings is 2. The van der Waals surface area contributed by atoms with Gasteiger partial charge in [0.25, 0.3) is 0 Å². The fraction of sp³-hybridized carbons (Fsp3) is 0. The van der Waals surface area contributed by atoms with Crippen molar-refractivity contribution in [2.75, 3.05) is 0 Å². The predicted octanol–water partition coefficient (Wildman–Crippen LogP) is 1.28. The van der Waals surface area contributed by atoms with Gasteiger partial charge in [-0.25, -0.2) is 0 Å². The van der Waals surface area contributed by atoms with E-state index in [4.69, 9.17) is 32.9 Å². The molecule has 0 saturated carbocycles. The zero-order valence-electron chi connectivity index (χ0n) is 12.4. The molecule has 0 aromatic carbocycles. The van der Waals surface area contributed by atoms with Crippen molar-refractivity contribution in [3.05, 3.63) is 81.1 Å². The number of nitrogens with zero attached hydrogens (tertiary/aromatic N) is 6. The third-order valence-corrected chi connectivity index (χ3v) is 1.89. The fourth-order valence-corrected chi connectivity index (χ4v) is 1.01. The summed E-state index contributed by atoms with van der Waals surface area (Å²) in [7, 11) is 0. The molecule has 4 N–H and O–H groups in total. The van der Waals surface area contributed by atoms with Gasteiger partial charge < -0.3 is 21.0 Å². The van der Waals surface area contributed by atoms with E-state index in [-0.39, 0.29) is 20.4 Å². The van der Waals surface area contributed by atoms with Crippen LogP contribution in [0.4, 0.5) is 0 Å². The summed E-state index contributed by atoms with van der Waals surface area (Å²) in [6.07, 6.45) is 5.95. The van der Waals surface area contributed by atoms with Crippen molar-refractivity contribution in [3.8, 4) is 0 Å². The Labute approximate surface area is 155 Å². The van der Waals surface area contributed by atoms with Gasteiger partial charge in [0.15, 0.2) is 0 Å². The molecule has 0 unspecified atom stereocenters. The normalized spacial score (nSPS) is 7.04. The number of nitrogens with one attached hydrogen (secondary N) is 4. The first-order chi connectivity index (χ1) is 11.4. The summed E-state index contributed by atoms with van der Waals surface area (Å²) in [6, 6.07) is 6.04. The first-order valence-corrected chi connectivity index (χ1v) is 5.78. The second-order valence-electron chi connectivity index (χ2n) is 3.33. The smallest absolute Gasteiger partial charge is 0.859 e. The maximum Gasteiger partial charge on any atom is 2.00 e. The van der Waals surface area contributed by atoms with Crippen LogP contribution in [0.3, 0.4) is 0 Å². The maximum atomic E-state index is 10.3. The van der Waals surface area contributed by atoms with Gasteiger partial charge in [-0.05, 0) is 68.1 Å². The van der Waals surface area contributed by atoms with E-state index >= 15 is 0 Å². The summed E-state index contributed by atoms with van der Waals surface area (Å²) in [5, 5.41) is 33.9. The molecule has 132 valence electrons. The summed E-state index contributed by atoms with van der Waals surface area (Å²) >= 11 is 0. The van der Waals surface area contributed by atoms with E-state index in [1.807, 2.05) is 0 Å². The van der Waals surface area contributed by atoms with Gasteiger partial charge in [-0.1, -0.05) is 0 Å². The molecule has 2 aromatic heterocycles. The number of aromatic nitrogens is 2. The maximum absolute atomic E-state index is 10.3. The molecule has 2 rings (SSSR count). The minimum absolute atomic E-state index is 0. The summed E-state index contributed by atoms with van der Waals surface area (Å²) in [6.45, 7) is 0. The number of hydrogen-bond acceptors (Lipinski definition) is 8. The third kappa shape index (κ3) is 16.7. The van der Waals surface area contributed by atoms with E-state index in [0.29, 0.717) is 11.1 Å². The number of rotatable bonds is 2. The van der Waals surface area contributed by atoms with Crippen molar-refractivity contribution < 1.29 is 30.6 Å². The van der Waals surface area contributed by atoms with Crippen molar-refractivity contribution in [3.63, 3.8) is 0 Å². The summed E-state index contributed by atoms with van der Waals surface area (Å²) in [5.74, 6) is -1.34. The molecule has 2 aromatic rings. The molecule has 2 heterocycles. The van der Waals surface area contributed by atoms with E-state index in [0.717, 1.165) is 0 Å². The van der Waals surface area contributed by atoms with Crippen LogP contribution in [0.2, 0.25) is 0 Å². The Hall–Kier alpha value is -3.48. The van der Waals surface area contributed by atoms with Gasteiger partial charge in [-0.3, -0.25) is 9.97 Å². The predicted molar refractivity (Wildman–Crippen MR) is 81.0 cm³/mol. The molecule has 0 aliphatic heterocycles. The molecule has 0 atom stereocenters. The Bertz CT molecular complexity index is 622. The van der Waals surface area contributed by atoms with E-state index in [2.05, 4.69) is 9.97 Å². The topological polar surface area (TPSA) is 240 Å². The molecule has 0 spiro atoms. The summed E-state index contributed by atoms with van der Waals surface area (Å²) < 4.78 is 0. The van der Waals surface area contributed by atoms with Gasteiger partial charge in [-0.2, -0.15) is 0 Å². The zero-order valence-corrected chi connectivity index (χ0v) is 14.0. The van der Waals surface area contributed by atoms with Crippen molar-refractivity contribution in [2.24, 2.45) is 0 Å². The third-order valence-electron chi connectivity index (χ3n) is 1.89. The minimum Gasteiger partial charge on any atom is -0.859 e. The van der Waals surface area contributed by atoms with Crippen LogP contribution in [0, 0.1) is 21.9 Å². The van der Waals surface area contributed by atoms with Crippen molar-refractivity contribution in [2.45, 2.75) is 0 Å². The zero-order chi connectivity index (χ0) is 18.8. The van der Waals surface area contributed by atoms with Gasteiger partial charge in [0.05, 0.1) is 0 Å². The van der Waals surface area contributed by atoms with Gasteiger partial charge in [-0.15, -0.1) is 11.1 Å². The van der Waals surface area contributed by atoms with E-state index in [9.17, 15) is 10.2 Å². The summed E-state index contributed by atoms with van der Waals surface area (Å²) in [5.41, 5.74) is 25.3. The molecular formula is C12H12N10O2Pd. The first-order valence-electron chi connectivity index (χ1n) is 5.78. The first kappa shape index (κ1) is 26.4. The Kier molecular flexibility index (Phi) is 19.6. The molecule has 0 radical (unpaired) electrons. The number of hydrogen-bond donors (Lipinski definition) is 4. The summed E-state index contributed by atoms with van der Waals surface area (Å²) in [4.78, 5) is 10.9. The van der Waals surface area contributed by atoms with Crippen LogP contribution in [0.15, 0.2) is 49.1 Å². The Morgan fingerprint density at radius 2 is 0.960 bits per heavy atom. The Balaban J connectivity index is -0.000000287. The van der Waals surface area contributed by atoms with Crippen molar-refractivity contribution in [1.82, 2.24) is 9.97 Å². The van der Waals surface area contributed by atoms with Crippen LogP contribution in [0.1, 0.15) is 11.1 Å². The van der Waals surface area contributed by atoms with Crippen LogP contribution in [0.25, 0.3) is 20.9 Å². The molecule has 0 saturated heterocycles. The van der Waals surface area contributed by atoms with Gasteiger partial charge in [0, 0.05) is 24.8 Å². The monoisotopic (exact) mass is 434 g/mol. The Morgan fingerprint density at radius 1 is 0.760 bits per heavy atom. The largest absolute Gasteiger partial charge is 2.00 e. The molecule has 0 aliphatic carbocycles.